The van der Waals surface area contributed by atoms with Crippen LogP contribution in [0, 0.1) is 0 Å². The summed E-state index contributed by atoms with van der Waals surface area (Å²) in [7, 11) is 4.88. The van der Waals surface area contributed by atoms with Crippen LogP contribution in [0.1, 0.15) is 32.3 Å². The van der Waals surface area contributed by atoms with Crippen LogP contribution >= 0.6 is 24.0 Å². The van der Waals surface area contributed by atoms with Crippen molar-refractivity contribution < 1.29 is 14.3 Å². The summed E-state index contributed by atoms with van der Waals surface area (Å²) < 4.78 is 10.1. The molecule has 158 valence electrons. The van der Waals surface area contributed by atoms with E-state index in [0.717, 1.165) is 31.1 Å². The van der Waals surface area contributed by atoms with Gasteiger partial charge in [-0.2, -0.15) is 0 Å². The molecule has 1 aromatic carbocycles. The van der Waals surface area contributed by atoms with Gasteiger partial charge in [0.05, 0.1) is 14.2 Å². The Kier molecular flexibility index (Phi) is 9.84. The summed E-state index contributed by atoms with van der Waals surface area (Å²) in [5, 5.41) is 6.90. The number of rotatable bonds is 5. The topological polar surface area (TPSA) is 75.2 Å². The van der Waals surface area contributed by atoms with Crippen molar-refractivity contribution in [3.63, 3.8) is 0 Å². The van der Waals surface area contributed by atoms with E-state index in [4.69, 9.17) is 9.47 Å². The maximum absolute atomic E-state index is 11.6. The zero-order chi connectivity index (χ0) is 19.9. The normalized spacial score (nSPS) is 15.5. The minimum atomic E-state index is -0.254. The Morgan fingerprint density at radius 2 is 1.96 bits per heavy atom. The van der Waals surface area contributed by atoms with Gasteiger partial charge in [-0.3, -0.25) is 4.99 Å². The first-order chi connectivity index (χ1) is 12.9. The van der Waals surface area contributed by atoms with Crippen LogP contribution in [0.5, 0.6) is 5.75 Å². The third-order valence-corrected chi connectivity index (χ3v) is 5.04. The highest BCUT2D eigenvalue weighted by Crippen LogP contribution is 2.25. The van der Waals surface area contributed by atoms with Crippen molar-refractivity contribution in [2.45, 2.75) is 38.1 Å². The molecule has 1 heterocycles. The molecule has 1 saturated heterocycles. The zero-order valence-electron chi connectivity index (χ0n) is 17.4. The third-order valence-electron chi connectivity index (χ3n) is 5.04. The van der Waals surface area contributed by atoms with Crippen LogP contribution in [0.15, 0.2) is 29.3 Å². The Labute approximate surface area is 185 Å². The number of nitrogens with zero attached hydrogens (tertiary/aromatic N) is 2. The summed E-state index contributed by atoms with van der Waals surface area (Å²) >= 11 is 0. The molecule has 8 heteroatoms. The van der Waals surface area contributed by atoms with Crippen molar-refractivity contribution in [3.05, 3.63) is 29.8 Å². The number of hydrogen-bond donors (Lipinski definition) is 2. The van der Waals surface area contributed by atoms with Crippen molar-refractivity contribution in [3.8, 4) is 5.75 Å². The van der Waals surface area contributed by atoms with E-state index in [1.165, 1.54) is 12.7 Å². The molecule has 1 aliphatic rings. The van der Waals surface area contributed by atoms with E-state index in [-0.39, 0.29) is 41.5 Å². The van der Waals surface area contributed by atoms with Crippen LogP contribution in [-0.4, -0.2) is 63.9 Å². The van der Waals surface area contributed by atoms with E-state index in [9.17, 15) is 4.79 Å². The number of aliphatic imine (C=N–C) groups is 1. The van der Waals surface area contributed by atoms with Gasteiger partial charge in [0.25, 0.3) is 0 Å². The van der Waals surface area contributed by atoms with Crippen LogP contribution in [0.3, 0.4) is 0 Å². The van der Waals surface area contributed by atoms with E-state index in [1.807, 2.05) is 12.1 Å². The maximum Gasteiger partial charge on any atom is 0.409 e. The summed E-state index contributed by atoms with van der Waals surface area (Å²) in [5.74, 6) is 1.64. The van der Waals surface area contributed by atoms with Crippen molar-refractivity contribution in [2.24, 2.45) is 4.99 Å². The fourth-order valence-corrected chi connectivity index (χ4v) is 3.17. The highest BCUT2D eigenvalue weighted by molar-refractivity contribution is 14.0. The SMILES string of the molecule is CN=C(NCC(C)(C)c1cccc(OC)c1)NC1CCN(C(=O)OC)CC1.I. The Balaban J connectivity index is 0.00000392. The number of piperidine rings is 1. The van der Waals surface area contributed by atoms with Crippen LogP contribution < -0.4 is 15.4 Å². The highest BCUT2D eigenvalue weighted by Gasteiger charge is 2.25. The highest BCUT2D eigenvalue weighted by atomic mass is 127. The van der Waals surface area contributed by atoms with E-state index in [0.29, 0.717) is 13.1 Å². The first kappa shape index (κ1) is 24.3. The third kappa shape index (κ3) is 6.72. The second-order valence-electron chi connectivity index (χ2n) is 7.42. The van der Waals surface area contributed by atoms with Crippen molar-refractivity contribution in [2.75, 3.05) is 40.9 Å². The number of ether oxygens (including phenoxy) is 2. The quantitative estimate of drug-likeness (QED) is 0.367. The Morgan fingerprint density at radius 1 is 1.29 bits per heavy atom. The summed E-state index contributed by atoms with van der Waals surface area (Å²) in [6.45, 7) is 6.50. The molecule has 0 unspecified atom stereocenters. The summed E-state index contributed by atoms with van der Waals surface area (Å²) in [4.78, 5) is 17.7. The molecule has 0 aromatic heterocycles. The average Bonchev–Trinajstić information content (AvgIpc) is 2.71. The number of methoxy groups -OCH3 is 2. The molecule has 0 spiro atoms. The molecule has 0 aliphatic carbocycles. The van der Waals surface area contributed by atoms with Crippen LogP contribution in [0.4, 0.5) is 4.79 Å². The van der Waals surface area contributed by atoms with Crippen LogP contribution in [0.25, 0.3) is 0 Å². The van der Waals surface area contributed by atoms with Gasteiger partial charge in [0.2, 0.25) is 0 Å². The smallest absolute Gasteiger partial charge is 0.409 e. The van der Waals surface area contributed by atoms with Gasteiger partial charge < -0.3 is 25.0 Å². The fraction of sp³-hybridized carbons (Fsp3) is 0.600. The largest absolute Gasteiger partial charge is 0.497 e. The van der Waals surface area contributed by atoms with Gasteiger partial charge in [0, 0.05) is 38.1 Å². The first-order valence-corrected chi connectivity index (χ1v) is 9.34. The van der Waals surface area contributed by atoms with Gasteiger partial charge in [0.1, 0.15) is 5.75 Å². The molecule has 0 radical (unpaired) electrons. The number of amides is 1. The van der Waals surface area contributed by atoms with Gasteiger partial charge in [0.15, 0.2) is 5.96 Å². The zero-order valence-corrected chi connectivity index (χ0v) is 19.8. The second-order valence-corrected chi connectivity index (χ2v) is 7.42. The van der Waals surface area contributed by atoms with Gasteiger partial charge >= 0.3 is 6.09 Å². The number of benzene rings is 1. The number of nitrogens with one attached hydrogen (secondary N) is 2. The molecule has 1 aromatic rings. The van der Waals surface area contributed by atoms with E-state index >= 15 is 0 Å². The number of likely N-dealkylation sites (tertiary alicyclic amines) is 1. The number of halogens is 1. The Morgan fingerprint density at radius 3 is 2.54 bits per heavy atom. The number of guanidine groups is 1. The number of hydrogen-bond acceptors (Lipinski definition) is 4. The monoisotopic (exact) mass is 504 g/mol. The van der Waals surface area contributed by atoms with Crippen molar-refractivity contribution in [1.82, 2.24) is 15.5 Å². The lowest BCUT2D eigenvalue weighted by Gasteiger charge is -2.33. The van der Waals surface area contributed by atoms with Gasteiger partial charge in [-0.1, -0.05) is 26.0 Å². The van der Waals surface area contributed by atoms with E-state index in [1.54, 1.807) is 19.1 Å². The lowest BCUT2D eigenvalue weighted by Crippen LogP contribution is -2.51. The molecular formula is C20H33IN4O3. The summed E-state index contributed by atoms with van der Waals surface area (Å²) in [5.41, 5.74) is 1.12. The minimum absolute atomic E-state index is 0. The average molecular weight is 504 g/mol. The first-order valence-electron chi connectivity index (χ1n) is 9.34. The Bertz CT molecular complexity index is 659. The standard InChI is InChI=1S/C20H32N4O3.HI/c1-20(2,15-7-6-8-17(13-15)26-4)14-22-18(21-3)23-16-9-11-24(12-10-16)19(25)27-5;/h6-8,13,16H,9-12,14H2,1-5H3,(H2,21,22,23);1H. The number of carbonyl (C=O) groups excluding carboxylic acids is 1. The fourth-order valence-electron chi connectivity index (χ4n) is 3.17. The molecule has 0 bridgehead atoms. The lowest BCUT2D eigenvalue weighted by atomic mass is 9.84. The summed E-state index contributed by atoms with van der Waals surface area (Å²) in [6, 6.07) is 8.44. The van der Waals surface area contributed by atoms with Gasteiger partial charge in [-0.15, -0.1) is 24.0 Å². The second kappa shape index (κ2) is 11.3. The van der Waals surface area contributed by atoms with E-state index in [2.05, 4.69) is 41.6 Å². The number of carbonyl (C=O) groups is 1. The molecule has 2 rings (SSSR count). The Hall–Kier alpha value is -1.71. The van der Waals surface area contributed by atoms with Crippen molar-refractivity contribution >= 4 is 36.0 Å². The molecular weight excluding hydrogens is 471 g/mol. The molecule has 1 fully saturated rings. The molecule has 1 aliphatic heterocycles. The molecule has 1 amide bonds. The van der Waals surface area contributed by atoms with Crippen molar-refractivity contribution in [1.29, 1.82) is 0 Å². The van der Waals surface area contributed by atoms with Crippen LogP contribution in [-0.2, 0) is 10.2 Å². The van der Waals surface area contributed by atoms with Gasteiger partial charge in [-0.25, -0.2) is 4.79 Å². The van der Waals surface area contributed by atoms with Crippen LogP contribution in [0.2, 0.25) is 0 Å². The molecule has 2 N–H and O–H groups in total. The predicted octanol–water partition coefficient (Wildman–Crippen LogP) is 2.99. The maximum atomic E-state index is 11.6. The molecule has 0 atom stereocenters. The van der Waals surface area contributed by atoms with E-state index < -0.39 is 0 Å². The minimum Gasteiger partial charge on any atom is -0.497 e. The molecule has 7 nitrogen and oxygen atoms in total. The predicted molar refractivity (Wildman–Crippen MR) is 123 cm³/mol. The lowest BCUT2D eigenvalue weighted by molar-refractivity contribution is 0.111. The molecule has 28 heavy (non-hydrogen) atoms. The summed E-state index contributed by atoms with van der Waals surface area (Å²) in [6.07, 6.45) is 1.49. The molecule has 0 saturated carbocycles. The van der Waals surface area contributed by atoms with Gasteiger partial charge in [-0.05, 0) is 30.5 Å².